The van der Waals surface area contributed by atoms with Crippen molar-refractivity contribution in [3.63, 3.8) is 0 Å². The molecule has 0 saturated carbocycles. The first-order valence-electron chi connectivity index (χ1n) is 13.2. The Hall–Kier alpha value is -5.35. The van der Waals surface area contributed by atoms with Crippen molar-refractivity contribution < 1.29 is 4.42 Å². The highest BCUT2D eigenvalue weighted by Crippen LogP contribution is 2.49. The van der Waals surface area contributed by atoms with Crippen LogP contribution in [0.1, 0.15) is 0 Å². The van der Waals surface area contributed by atoms with Crippen molar-refractivity contribution in [1.29, 1.82) is 0 Å². The maximum atomic E-state index is 6.78. The Labute approximate surface area is 222 Å². The minimum Gasteiger partial charge on any atom is -0.454 e. The van der Waals surface area contributed by atoms with E-state index in [1.807, 2.05) is 18.5 Å². The normalized spacial score (nSPS) is 12.1. The average Bonchev–Trinajstić information content (AvgIpc) is 3.66. The zero-order chi connectivity index (χ0) is 25.5. The third-order valence-corrected chi connectivity index (χ3v) is 7.98. The van der Waals surface area contributed by atoms with Gasteiger partial charge in [0, 0.05) is 56.1 Å². The van der Waals surface area contributed by atoms with Gasteiger partial charge in [-0.05, 0) is 42.5 Å². The fourth-order valence-electron chi connectivity index (χ4n) is 6.49. The number of furan rings is 1. The monoisotopic (exact) mass is 499 g/mol. The van der Waals surface area contributed by atoms with Gasteiger partial charge in [-0.2, -0.15) is 0 Å². The fourth-order valence-corrected chi connectivity index (χ4v) is 6.49. The maximum Gasteiger partial charge on any atom is 0.160 e. The van der Waals surface area contributed by atoms with E-state index >= 15 is 0 Å². The van der Waals surface area contributed by atoms with Crippen LogP contribution in [0.5, 0.6) is 0 Å². The van der Waals surface area contributed by atoms with E-state index in [9.17, 15) is 0 Å². The molecule has 0 aliphatic heterocycles. The van der Waals surface area contributed by atoms with Gasteiger partial charge in [-0.1, -0.05) is 72.8 Å². The van der Waals surface area contributed by atoms with E-state index in [1.165, 1.54) is 32.6 Å². The van der Waals surface area contributed by atoms with Crippen LogP contribution < -0.4 is 0 Å². The highest BCUT2D eigenvalue weighted by molar-refractivity contribution is 6.39. The predicted octanol–water partition coefficient (Wildman–Crippen LogP) is 9.18. The highest BCUT2D eigenvalue weighted by atomic mass is 16.3. The molecule has 0 amide bonds. The molecule has 9 rings (SSSR count). The first kappa shape index (κ1) is 20.7. The van der Waals surface area contributed by atoms with Crippen molar-refractivity contribution >= 4 is 65.6 Å². The van der Waals surface area contributed by atoms with Gasteiger partial charge in [-0.25, -0.2) is 0 Å². The number of hydrogen-bond acceptors (Lipinski definition) is 2. The summed E-state index contributed by atoms with van der Waals surface area (Å²) in [4.78, 5) is 4.30. The molecule has 4 heteroatoms. The summed E-state index contributed by atoms with van der Waals surface area (Å²) >= 11 is 0. The van der Waals surface area contributed by atoms with E-state index < -0.39 is 0 Å². The third-order valence-electron chi connectivity index (χ3n) is 7.98. The van der Waals surface area contributed by atoms with Crippen LogP contribution in [0.25, 0.3) is 76.9 Å². The molecule has 0 spiro atoms. The first-order valence-corrected chi connectivity index (χ1v) is 13.2. The van der Waals surface area contributed by atoms with Crippen LogP contribution in [0.15, 0.2) is 132 Å². The number of benzene rings is 5. The Bertz CT molecular complexity index is 2370. The van der Waals surface area contributed by atoms with Gasteiger partial charge >= 0.3 is 0 Å². The second-order valence-electron chi connectivity index (χ2n) is 10.00. The molecule has 4 heterocycles. The van der Waals surface area contributed by atoms with Gasteiger partial charge in [0.15, 0.2) is 5.58 Å². The summed E-state index contributed by atoms with van der Waals surface area (Å²) in [7, 11) is 0. The number of fused-ring (bicyclic) bond motifs is 12. The van der Waals surface area contributed by atoms with Crippen molar-refractivity contribution in [3.05, 3.63) is 128 Å². The zero-order valence-electron chi connectivity index (χ0n) is 20.9. The Morgan fingerprint density at radius 1 is 0.462 bits per heavy atom. The SMILES string of the molecule is c1ccc(-n2c3ccccc3c3c4c5ccccc5oc4c4c(c5ccccc5n4-c4ccncc4)c32)cc1. The number of aromatic nitrogens is 3. The molecule has 0 atom stereocenters. The molecule has 0 saturated heterocycles. The van der Waals surface area contributed by atoms with Crippen LogP contribution in [0.4, 0.5) is 0 Å². The Morgan fingerprint density at radius 2 is 1.03 bits per heavy atom. The molecule has 9 aromatic rings. The van der Waals surface area contributed by atoms with E-state index in [0.717, 1.165) is 44.3 Å². The lowest BCUT2D eigenvalue weighted by Crippen LogP contribution is -1.96. The van der Waals surface area contributed by atoms with Crippen LogP contribution >= 0.6 is 0 Å². The van der Waals surface area contributed by atoms with Crippen LogP contribution in [0.3, 0.4) is 0 Å². The molecule has 0 aliphatic carbocycles. The largest absolute Gasteiger partial charge is 0.454 e. The summed E-state index contributed by atoms with van der Waals surface area (Å²) < 4.78 is 11.5. The van der Waals surface area contributed by atoms with E-state index in [2.05, 4.69) is 123 Å². The summed E-state index contributed by atoms with van der Waals surface area (Å²) in [6, 6.07) is 40.6. The third kappa shape index (κ3) is 2.65. The molecule has 0 unspecified atom stereocenters. The minimum absolute atomic E-state index is 0.893. The van der Waals surface area contributed by atoms with Gasteiger partial charge in [0.25, 0.3) is 0 Å². The van der Waals surface area contributed by atoms with Crippen molar-refractivity contribution in [3.8, 4) is 11.4 Å². The molecule has 182 valence electrons. The van der Waals surface area contributed by atoms with Crippen LogP contribution in [-0.2, 0) is 0 Å². The lowest BCUT2D eigenvalue weighted by atomic mass is 10.0. The average molecular weight is 500 g/mol. The number of nitrogens with zero attached hydrogens (tertiary/aromatic N) is 3. The second kappa shape index (κ2) is 7.59. The van der Waals surface area contributed by atoms with E-state index in [0.29, 0.717) is 0 Å². The van der Waals surface area contributed by atoms with Gasteiger partial charge in [0.05, 0.1) is 22.1 Å². The Kier molecular flexibility index (Phi) is 4.02. The molecular weight excluding hydrogens is 478 g/mol. The number of pyridine rings is 1. The van der Waals surface area contributed by atoms with Gasteiger partial charge in [0.2, 0.25) is 0 Å². The standard InChI is InChI=1S/C35H21N3O/c1-2-10-22(11-3-1)37-27-15-7-4-12-24(27)30-31-26-14-6-9-17-29(26)39-35(31)34-32(33(30)37)25-13-5-8-16-28(25)38(34)23-18-20-36-21-19-23/h1-21H. The van der Waals surface area contributed by atoms with Crippen molar-refractivity contribution in [2.45, 2.75) is 0 Å². The molecule has 0 N–H and O–H groups in total. The number of hydrogen-bond donors (Lipinski definition) is 0. The molecule has 39 heavy (non-hydrogen) atoms. The molecule has 4 aromatic heterocycles. The van der Waals surface area contributed by atoms with Gasteiger partial charge < -0.3 is 13.6 Å². The molecule has 0 fully saturated rings. The second-order valence-corrected chi connectivity index (χ2v) is 10.00. The molecule has 5 aromatic carbocycles. The highest BCUT2D eigenvalue weighted by Gasteiger charge is 2.27. The number of rotatable bonds is 2. The van der Waals surface area contributed by atoms with E-state index in [1.54, 1.807) is 0 Å². The molecular formula is C35H21N3O. The molecule has 0 bridgehead atoms. The molecule has 4 nitrogen and oxygen atoms in total. The van der Waals surface area contributed by atoms with Crippen LogP contribution in [0.2, 0.25) is 0 Å². The summed E-state index contributed by atoms with van der Waals surface area (Å²) in [5, 5.41) is 7.09. The maximum absolute atomic E-state index is 6.78. The fraction of sp³-hybridized carbons (Fsp3) is 0. The molecule has 0 aliphatic rings. The van der Waals surface area contributed by atoms with E-state index in [4.69, 9.17) is 4.42 Å². The first-order chi connectivity index (χ1) is 19.4. The Balaban J connectivity index is 1.70. The smallest absolute Gasteiger partial charge is 0.160 e. The van der Waals surface area contributed by atoms with Gasteiger partial charge in [0.1, 0.15) is 5.58 Å². The van der Waals surface area contributed by atoms with Crippen molar-refractivity contribution in [1.82, 2.24) is 14.1 Å². The summed E-state index contributed by atoms with van der Waals surface area (Å²) in [6.07, 6.45) is 3.70. The predicted molar refractivity (Wildman–Crippen MR) is 160 cm³/mol. The summed E-state index contributed by atoms with van der Waals surface area (Å²) in [5.74, 6) is 0. The van der Waals surface area contributed by atoms with Gasteiger partial charge in [-0.15, -0.1) is 0 Å². The summed E-state index contributed by atoms with van der Waals surface area (Å²) in [6.45, 7) is 0. The molecule has 0 radical (unpaired) electrons. The lowest BCUT2D eigenvalue weighted by Gasteiger charge is -2.10. The topological polar surface area (TPSA) is 35.9 Å². The zero-order valence-corrected chi connectivity index (χ0v) is 20.9. The lowest BCUT2D eigenvalue weighted by molar-refractivity contribution is 0.671. The minimum atomic E-state index is 0.893. The summed E-state index contributed by atoms with van der Waals surface area (Å²) in [5.41, 5.74) is 8.57. The Morgan fingerprint density at radius 3 is 1.77 bits per heavy atom. The van der Waals surface area contributed by atoms with E-state index in [-0.39, 0.29) is 0 Å². The van der Waals surface area contributed by atoms with Crippen LogP contribution in [-0.4, -0.2) is 14.1 Å². The van der Waals surface area contributed by atoms with Crippen LogP contribution in [0, 0.1) is 0 Å². The number of para-hydroxylation sites is 4. The van der Waals surface area contributed by atoms with Gasteiger partial charge in [-0.3, -0.25) is 4.98 Å². The van der Waals surface area contributed by atoms with Crippen molar-refractivity contribution in [2.75, 3.05) is 0 Å². The quantitative estimate of drug-likeness (QED) is 0.238. The van der Waals surface area contributed by atoms with Crippen molar-refractivity contribution in [2.24, 2.45) is 0 Å².